The van der Waals surface area contributed by atoms with Crippen LogP contribution < -0.4 is 5.32 Å². The fraction of sp³-hybridized carbons (Fsp3) is 0.222. The van der Waals surface area contributed by atoms with E-state index in [-0.39, 0.29) is 0 Å². The minimum Gasteiger partial charge on any atom is -0.444 e. The monoisotopic (exact) mass is 309 g/mol. The quantitative estimate of drug-likeness (QED) is 0.728. The van der Waals surface area contributed by atoms with Crippen molar-refractivity contribution in [1.82, 2.24) is 9.97 Å². The molecule has 0 radical (unpaired) electrons. The molecule has 5 heteroatoms. The van der Waals surface area contributed by atoms with Crippen molar-refractivity contribution < 1.29 is 9.53 Å². The van der Waals surface area contributed by atoms with Gasteiger partial charge in [-0.3, -0.25) is 5.32 Å². The number of benzene rings is 1. The summed E-state index contributed by atoms with van der Waals surface area (Å²) in [5.74, 6) is 0.495. The molecule has 0 spiro atoms. The van der Waals surface area contributed by atoms with Gasteiger partial charge in [0.2, 0.25) is 0 Å². The van der Waals surface area contributed by atoms with E-state index in [1.807, 2.05) is 57.3 Å². The molecular weight excluding hydrogens is 290 g/mol. The molecule has 0 aliphatic heterocycles. The first kappa shape index (κ1) is 15.1. The van der Waals surface area contributed by atoms with Crippen molar-refractivity contribution in [3.63, 3.8) is 0 Å². The number of hydrogen-bond donors (Lipinski definition) is 2. The molecule has 5 nitrogen and oxygen atoms in total. The third-order valence-corrected chi connectivity index (χ3v) is 3.29. The van der Waals surface area contributed by atoms with Gasteiger partial charge in [0.1, 0.15) is 11.4 Å². The lowest BCUT2D eigenvalue weighted by Crippen LogP contribution is -2.27. The smallest absolute Gasteiger partial charge is 0.413 e. The number of ether oxygens (including phenoxy) is 1. The fourth-order valence-corrected chi connectivity index (χ4v) is 2.36. The van der Waals surface area contributed by atoms with Gasteiger partial charge in [-0.2, -0.15) is 0 Å². The zero-order chi connectivity index (χ0) is 16.4. The van der Waals surface area contributed by atoms with Gasteiger partial charge in [0, 0.05) is 23.5 Å². The zero-order valence-electron chi connectivity index (χ0n) is 13.4. The summed E-state index contributed by atoms with van der Waals surface area (Å²) >= 11 is 0. The molecule has 0 aliphatic rings. The predicted molar refractivity (Wildman–Crippen MR) is 91.4 cm³/mol. The highest BCUT2D eigenvalue weighted by atomic mass is 16.6. The van der Waals surface area contributed by atoms with Crippen molar-refractivity contribution in [3.8, 4) is 11.3 Å². The predicted octanol–water partition coefficient (Wildman–Crippen LogP) is 4.58. The Morgan fingerprint density at radius 1 is 1.22 bits per heavy atom. The van der Waals surface area contributed by atoms with Crippen LogP contribution in [0.3, 0.4) is 0 Å². The number of H-pyrrole nitrogens is 1. The molecule has 1 aromatic carbocycles. The molecule has 0 saturated carbocycles. The Bertz CT molecular complexity index is 833. The molecule has 0 fully saturated rings. The van der Waals surface area contributed by atoms with Crippen LogP contribution in [0.25, 0.3) is 22.0 Å². The lowest BCUT2D eigenvalue weighted by Gasteiger charge is -2.19. The summed E-state index contributed by atoms with van der Waals surface area (Å²) in [5, 5.41) is 4.58. The molecule has 23 heavy (non-hydrogen) atoms. The number of amides is 1. The highest BCUT2D eigenvalue weighted by Crippen LogP contribution is 2.27. The van der Waals surface area contributed by atoms with Gasteiger partial charge in [-0.1, -0.05) is 6.07 Å². The van der Waals surface area contributed by atoms with Crippen molar-refractivity contribution in [2.24, 2.45) is 0 Å². The maximum Gasteiger partial charge on any atom is 0.413 e. The van der Waals surface area contributed by atoms with Gasteiger partial charge in [0.15, 0.2) is 0 Å². The van der Waals surface area contributed by atoms with Crippen LogP contribution >= 0.6 is 0 Å². The summed E-state index contributed by atoms with van der Waals surface area (Å²) in [6.45, 7) is 5.48. The lowest BCUT2D eigenvalue weighted by atomic mass is 10.1. The molecule has 0 unspecified atom stereocenters. The second kappa shape index (κ2) is 5.76. The second-order valence-corrected chi connectivity index (χ2v) is 6.31. The van der Waals surface area contributed by atoms with Gasteiger partial charge in [0.25, 0.3) is 0 Å². The van der Waals surface area contributed by atoms with Gasteiger partial charge >= 0.3 is 6.09 Å². The zero-order valence-corrected chi connectivity index (χ0v) is 13.4. The third kappa shape index (κ3) is 3.51. The van der Waals surface area contributed by atoms with E-state index in [9.17, 15) is 4.79 Å². The molecule has 0 bridgehead atoms. The molecule has 2 heterocycles. The Kier molecular flexibility index (Phi) is 3.78. The Morgan fingerprint density at radius 2 is 2.04 bits per heavy atom. The molecule has 118 valence electrons. The van der Waals surface area contributed by atoms with Crippen LogP contribution in [0.2, 0.25) is 0 Å². The van der Waals surface area contributed by atoms with Gasteiger partial charge in [-0.15, -0.1) is 0 Å². The van der Waals surface area contributed by atoms with Gasteiger partial charge in [0.05, 0.1) is 0 Å². The molecular formula is C18H19N3O2. The van der Waals surface area contributed by atoms with E-state index in [4.69, 9.17) is 4.74 Å². The SMILES string of the molecule is CC(C)(C)OC(=O)Nc1nccc2cc(-c3ccc[nH]3)ccc12. The number of pyridine rings is 1. The number of carbonyl (C=O) groups is 1. The first-order valence-electron chi connectivity index (χ1n) is 7.45. The van der Waals surface area contributed by atoms with E-state index in [0.717, 1.165) is 22.0 Å². The summed E-state index contributed by atoms with van der Waals surface area (Å²) in [6, 6.07) is 11.9. The number of nitrogens with zero attached hydrogens (tertiary/aromatic N) is 1. The number of aromatic amines is 1. The van der Waals surface area contributed by atoms with E-state index in [1.165, 1.54) is 0 Å². The van der Waals surface area contributed by atoms with Crippen LogP contribution in [0.1, 0.15) is 20.8 Å². The number of nitrogens with one attached hydrogen (secondary N) is 2. The van der Waals surface area contributed by atoms with Crippen molar-refractivity contribution in [2.45, 2.75) is 26.4 Å². The van der Waals surface area contributed by atoms with E-state index >= 15 is 0 Å². The average Bonchev–Trinajstić information content (AvgIpc) is 2.99. The van der Waals surface area contributed by atoms with Crippen LogP contribution in [-0.2, 0) is 4.74 Å². The maximum atomic E-state index is 11.9. The highest BCUT2D eigenvalue weighted by molar-refractivity contribution is 5.99. The van der Waals surface area contributed by atoms with E-state index < -0.39 is 11.7 Å². The second-order valence-electron chi connectivity index (χ2n) is 6.31. The first-order chi connectivity index (χ1) is 10.9. The number of aromatic nitrogens is 2. The van der Waals surface area contributed by atoms with Crippen molar-refractivity contribution in [1.29, 1.82) is 0 Å². The molecule has 3 rings (SSSR count). The Balaban J connectivity index is 1.92. The molecule has 0 atom stereocenters. The largest absolute Gasteiger partial charge is 0.444 e. The van der Waals surface area contributed by atoms with Crippen LogP contribution in [0.5, 0.6) is 0 Å². The topological polar surface area (TPSA) is 67.0 Å². The Morgan fingerprint density at radius 3 is 2.74 bits per heavy atom. The van der Waals surface area contributed by atoms with Gasteiger partial charge < -0.3 is 9.72 Å². The molecule has 0 aliphatic carbocycles. The minimum atomic E-state index is -0.546. The van der Waals surface area contributed by atoms with Crippen molar-refractivity contribution >= 4 is 22.7 Å². The van der Waals surface area contributed by atoms with Gasteiger partial charge in [-0.05, 0) is 62.1 Å². The first-order valence-corrected chi connectivity index (χ1v) is 7.45. The summed E-state index contributed by atoms with van der Waals surface area (Å²) in [7, 11) is 0. The number of fused-ring (bicyclic) bond motifs is 1. The minimum absolute atomic E-state index is 0.495. The van der Waals surface area contributed by atoms with E-state index in [2.05, 4.69) is 21.4 Å². The number of anilines is 1. The molecule has 2 N–H and O–H groups in total. The third-order valence-electron chi connectivity index (χ3n) is 3.29. The summed E-state index contributed by atoms with van der Waals surface area (Å²) in [5.41, 5.74) is 1.58. The van der Waals surface area contributed by atoms with Crippen LogP contribution in [0.15, 0.2) is 48.8 Å². The number of hydrogen-bond acceptors (Lipinski definition) is 3. The molecule has 3 aromatic rings. The highest BCUT2D eigenvalue weighted by Gasteiger charge is 2.17. The normalized spacial score (nSPS) is 11.4. The van der Waals surface area contributed by atoms with E-state index in [0.29, 0.717) is 5.82 Å². The fourth-order valence-electron chi connectivity index (χ4n) is 2.36. The summed E-state index contributed by atoms with van der Waals surface area (Å²) in [4.78, 5) is 19.4. The van der Waals surface area contributed by atoms with Crippen LogP contribution in [-0.4, -0.2) is 21.7 Å². The van der Waals surface area contributed by atoms with E-state index in [1.54, 1.807) is 6.20 Å². The standard InChI is InChI=1S/C18H19N3O2/c1-18(2,3)23-17(22)21-16-14-7-6-13(15-5-4-9-19-15)11-12(14)8-10-20-16/h4-11,19H,1-3H3,(H,20,21,22). The Labute approximate surface area is 134 Å². The van der Waals surface area contributed by atoms with Crippen LogP contribution in [0, 0.1) is 0 Å². The number of rotatable bonds is 2. The molecule has 2 aromatic heterocycles. The van der Waals surface area contributed by atoms with Crippen LogP contribution in [0.4, 0.5) is 10.6 Å². The average molecular weight is 309 g/mol. The summed E-state index contributed by atoms with van der Waals surface area (Å²) < 4.78 is 5.28. The maximum absolute atomic E-state index is 11.9. The number of carbonyl (C=O) groups excluding carboxylic acids is 1. The lowest BCUT2D eigenvalue weighted by molar-refractivity contribution is 0.0635. The summed E-state index contributed by atoms with van der Waals surface area (Å²) in [6.07, 6.45) is 3.06. The van der Waals surface area contributed by atoms with Crippen molar-refractivity contribution in [3.05, 3.63) is 48.8 Å². The Hall–Kier alpha value is -2.82. The van der Waals surface area contributed by atoms with Gasteiger partial charge in [-0.25, -0.2) is 9.78 Å². The van der Waals surface area contributed by atoms with Crippen molar-refractivity contribution in [2.75, 3.05) is 5.32 Å². The molecule has 1 amide bonds. The molecule has 0 saturated heterocycles.